The number of hydrogen-bond acceptors (Lipinski definition) is 6. The first-order valence-corrected chi connectivity index (χ1v) is 12.0. The van der Waals surface area contributed by atoms with Gasteiger partial charge in [0, 0.05) is 34.9 Å². The van der Waals surface area contributed by atoms with Gasteiger partial charge in [0.2, 0.25) is 11.8 Å². The number of fused-ring (bicyclic) bond motifs is 1. The minimum atomic E-state index is -0.584. The summed E-state index contributed by atoms with van der Waals surface area (Å²) in [6, 6.07) is 9.93. The highest BCUT2D eigenvalue weighted by atomic mass is 16.5. The van der Waals surface area contributed by atoms with Gasteiger partial charge in [0.1, 0.15) is 23.4 Å². The van der Waals surface area contributed by atoms with Crippen molar-refractivity contribution < 1.29 is 29.6 Å². The SMILES string of the molecule is CC1(C)CCC(=O)N(c2ccc(OC3c4cc(O)cc(O)c4CC3C3CCC(O)C3)cc2)C1=O. The Bertz CT molecular complexity index is 1120. The first kappa shape index (κ1) is 22.7. The molecule has 5 rings (SSSR count). The number of phenols is 2. The molecule has 0 aromatic heterocycles. The largest absolute Gasteiger partial charge is 0.508 e. The van der Waals surface area contributed by atoms with E-state index >= 15 is 0 Å². The lowest BCUT2D eigenvalue weighted by atomic mass is 9.82. The molecule has 7 heteroatoms. The molecule has 0 radical (unpaired) electrons. The van der Waals surface area contributed by atoms with Gasteiger partial charge in [-0.15, -0.1) is 0 Å². The zero-order valence-electron chi connectivity index (χ0n) is 19.5. The predicted octanol–water partition coefficient (Wildman–Crippen LogP) is 4.23. The van der Waals surface area contributed by atoms with E-state index in [4.69, 9.17) is 4.74 Å². The number of benzene rings is 2. The third-order valence-corrected chi connectivity index (χ3v) is 7.79. The Balaban J connectivity index is 1.42. The topological polar surface area (TPSA) is 107 Å². The van der Waals surface area contributed by atoms with Crippen LogP contribution in [-0.2, 0) is 16.0 Å². The number of carbonyl (C=O) groups is 2. The van der Waals surface area contributed by atoms with Gasteiger partial charge in [0.25, 0.3) is 0 Å². The molecular weight excluding hydrogens is 434 g/mol. The number of aliphatic hydroxyl groups excluding tert-OH is 1. The summed E-state index contributed by atoms with van der Waals surface area (Å²) in [4.78, 5) is 26.6. The lowest BCUT2D eigenvalue weighted by Crippen LogP contribution is -2.49. The van der Waals surface area contributed by atoms with Crippen LogP contribution in [0.1, 0.15) is 63.2 Å². The average Bonchev–Trinajstić information content (AvgIpc) is 3.37. The standard InChI is InChI=1S/C27H31NO6/c1-27(2)10-9-24(32)28(26(27)33)16-4-7-19(8-5-16)34-25-20(15-3-6-17(29)11-15)14-21-22(25)12-18(30)13-23(21)31/h4-5,7-8,12-13,15,17,20,25,29-31H,3,6,9-11,14H2,1-2H3. The number of anilines is 1. The summed E-state index contributed by atoms with van der Waals surface area (Å²) in [6.07, 6.45) is 3.13. The van der Waals surface area contributed by atoms with Crippen molar-refractivity contribution in [2.75, 3.05) is 4.90 Å². The first-order chi connectivity index (χ1) is 16.1. The summed E-state index contributed by atoms with van der Waals surface area (Å²) in [6.45, 7) is 3.71. The number of hydrogen-bond donors (Lipinski definition) is 3. The van der Waals surface area contributed by atoms with Crippen LogP contribution in [0.2, 0.25) is 0 Å². The summed E-state index contributed by atoms with van der Waals surface area (Å²) in [5.41, 5.74) is 1.47. The fourth-order valence-corrected chi connectivity index (χ4v) is 5.79. The first-order valence-electron chi connectivity index (χ1n) is 12.0. The Hall–Kier alpha value is -3.06. The normalized spacial score (nSPS) is 28.3. The minimum absolute atomic E-state index is 0.0166. The Labute approximate surface area is 199 Å². The highest BCUT2D eigenvalue weighted by Gasteiger charge is 2.44. The van der Waals surface area contributed by atoms with Crippen LogP contribution in [0.15, 0.2) is 36.4 Å². The van der Waals surface area contributed by atoms with E-state index in [0.717, 1.165) is 24.0 Å². The number of aromatic hydroxyl groups is 2. The Morgan fingerprint density at radius 1 is 1.06 bits per heavy atom. The van der Waals surface area contributed by atoms with Gasteiger partial charge in [-0.2, -0.15) is 0 Å². The number of imide groups is 1. The van der Waals surface area contributed by atoms with E-state index in [-0.39, 0.29) is 47.4 Å². The van der Waals surface area contributed by atoms with Crippen LogP contribution in [0.3, 0.4) is 0 Å². The lowest BCUT2D eigenvalue weighted by molar-refractivity contribution is -0.136. The molecule has 180 valence electrons. The summed E-state index contributed by atoms with van der Waals surface area (Å²) in [5, 5.41) is 30.6. The zero-order chi connectivity index (χ0) is 24.2. The highest BCUT2D eigenvalue weighted by Crippen LogP contribution is 2.50. The van der Waals surface area contributed by atoms with Gasteiger partial charge in [-0.3, -0.25) is 14.5 Å². The maximum atomic E-state index is 12.8. The second-order valence-electron chi connectivity index (χ2n) is 10.6. The van der Waals surface area contributed by atoms with E-state index < -0.39 is 5.41 Å². The molecule has 2 aliphatic carbocycles. The lowest BCUT2D eigenvalue weighted by Gasteiger charge is -2.35. The van der Waals surface area contributed by atoms with Crippen LogP contribution >= 0.6 is 0 Å². The van der Waals surface area contributed by atoms with Gasteiger partial charge < -0.3 is 20.1 Å². The van der Waals surface area contributed by atoms with Crippen LogP contribution in [0, 0.1) is 17.3 Å². The smallest absolute Gasteiger partial charge is 0.239 e. The Morgan fingerprint density at radius 2 is 1.79 bits per heavy atom. The van der Waals surface area contributed by atoms with E-state index in [1.807, 2.05) is 13.8 Å². The molecule has 4 atom stereocenters. The number of ether oxygens (including phenoxy) is 1. The summed E-state index contributed by atoms with van der Waals surface area (Å²) < 4.78 is 6.42. The van der Waals surface area contributed by atoms with Gasteiger partial charge in [0.15, 0.2) is 0 Å². The zero-order valence-corrected chi connectivity index (χ0v) is 19.5. The molecule has 1 saturated heterocycles. The molecule has 3 aliphatic rings. The monoisotopic (exact) mass is 465 g/mol. The Morgan fingerprint density at radius 3 is 2.47 bits per heavy atom. The Kier molecular flexibility index (Phi) is 5.55. The molecule has 0 spiro atoms. The number of rotatable bonds is 4. The average molecular weight is 466 g/mol. The summed E-state index contributed by atoms with van der Waals surface area (Å²) in [7, 11) is 0. The predicted molar refractivity (Wildman–Crippen MR) is 126 cm³/mol. The fraction of sp³-hybridized carbons (Fsp3) is 0.481. The number of amides is 2. The molecule has 2 amide bonds. The molecule has 2 fully saturated rings. The van der Waals surface area contributed by atoms with E-state index in [0.29, 0.717) is 37.1 Å². The van der Waals surface area contributed by atoms with Crippen molar-refractivity contribution in [3.63, 3.8) is 0 Å². The number of nitrogens with zero attached hydrogens (tertiary/aromatic N) is 1. The van der Waals surface area contributed by atoms with Crippen molar-refractivity contribution in [2.45, 2.75) is 64.6 Å². The van der Waals surface area contributed by atoms with Crippen LogP contribution in [0.5, 0.6) is 17.2 Å². The van der Waals surface area contributed by atoms with Crippen LogP contribution < -0.4 is 9.64 Å². The maximum Gasteiger partial charge on any atom is 0.239 e. The van der Waals surface area contributed by atoms with Gasteiger partial charge in [0.05, 0.1) is 11.8 Å². The quantitative estimate of drug-likeness (QED) is 0.584. The maximum absolute atomic E-state index is 12.8. The van der Waals surface area contributed by atoms with Crippen molar-refractivity contribution in [3.05, 3.63) is 47.5 Å². The number of carbonyl (C=O) groups excluding carboxylic acids is 2. The molecule has 7 nitrogen and oxygen atoms in total. The molecule has 2 aromatic carbocycles. The van der Waals surface area contributed by atoms with Crippen molar-refractivity contribution in [1.82, 2.24) is 0 Å². The third-order valence-electron chi connectivity index (χ3n) is 7.79. The summed E-state index contributed by atoms with van der Waals surface area (Å²) >= 11 is 0. The number of piperidine rings is 1. The van der Waals surface area contributed by atoms with Crippen LogP contribution in [0.25, 0.3) is 0 Å². The van der Waals surface area contributed by atoms with E-state index in [2.05, 4.69) is 0 Å². The molecule has 4 unspecified atom stereocenters. The van der Waals surface area contributed by atoms with Gasteiger partial charge in [-0.25, -0.2) is 0 Å². The van der Waals surface area contributed by atoms with E-state index in [9.17, 15) is 24.9 Å². The number of phenolic OH excluding ortho intramolecular Hbond substituents is 2. The van der Waals surface area contributed by atoms with E-state index in [1.54, 1.807) is 30.3 Å². The van der Waals surface area contributed by atoms with Crippen molar-refractivity contribution in [3.8, 4) is 17.2 Å². The van der Waals surface area contributed by atoms with Gasteiger partial charge >= 0.3 is 0 Å². The molecule has 2 aromatic rings. The van der Waals surface area contributed by atoms with Gasteiger partial charge in [-0.1, -0.05) is 13.8 Å². The molecule has 1 heterocycles. The third kappa shape index (κ3) is 3.92. The van der Waals surface area contributed by atoms with Crippen LogP contribution in [-0.4, -0.2) is 33.2 Å². The molecule has 0 bridgehead atoms. The van der Waals surface area contributed by atoms with Crippen molar-refractivity contribution >= 4 is 17.5 Å². The molecule has 34 heavy (non-hydrogen) atoms. The summed E-state index contributed by atoms with van der Waals surface area (Å²) in [5.74, 6) is 0.525. The molecule has 3 N–H and O–H groups in total. The molecule has 1 aliphatic heterocycles. The van der Waals surface area contributed by atoms with Gasteiger partial charge in [-0.05, 0) is 68.4 Å². The highest BCUT2D eigenvalue weighted by molar-refractivity contribution is 6.18. The second-order valence-corrected chi connectivity index (χ2v) is 10.6. The van der Waals surface area contributed by atoms with E-state index in [1.165, 1.54) is 11.0 Å². The molecular formula is C27H31NO6. The number of aliphatic hydroxyl groups is 1. The molecule has 1 saturated carbocycles. The fourth-order valence-electron chi connectivity index (χ4n) is 5.79. The van der Waals surface area contributed by atoms with Crippen molar-refractivity contribution in [1.29, 1.82) is 0 Å². The van der Waals surface area contributed by atoms with Crippen molar-refractivity contribution in [2.24, 2.45) is 17.3 Å². The second kappa shape index (κ2) is 8.31. The minimum Gasteiger partial charge on any atom is -0.508 e. The van der Waals surface area contributed by atoms with Crippen LogP contribution in [0.4, 0.5) is 5.69 Å².